The van der Waals surface area contributed by atoms with Crippen LogP contribution < -0.4 is 15.0 Å². The lowest BCUT2D eigenvalue weighted by atomic mass is 9.61. The summed E-state index contributed by atoms with van der Waals surface area (Å²) in [6.45, 7) is 7.00. The summed E-state index contributed by atoms with van der Waals surface area (Å²) in [5.74, 6) is 1.88. The molecule has 5 aliphatic rings. The molecular formula is C39H41F2N5O3. The minimum absolute atomic E-state index is 0.0220. The summed E-state index contributed by atoms with van der Waals surface area (Å²) in [6.07, 6.45) is 12.8. The van der Waals surface area contributed by atoms with Crippen molar-refractivity contribution in [2.24, 2.45) is 10.8 Å². The van der Waals surface area contributed by atoms with Gasteiger partial charge in [-0.3, -0.25) is 0 Å². The quantitative estimate of drug-likeness (QED) is 0.224. The van der Waals surface area contributed by atoms with Crippen molar-refractivity contribution in [2.45, 2.75) is 63.6 Å². The van der Waals surface area contributed by atoms with E-state index in [1.807, 2.05) is 13.0 Å². The van der Waals surface area contributed by atoms with Gasteiger partial charge in [0.2, 0.25) is 0 Å². The molecule has 4 heterocycles. The van der Waals surface area contributed by atoms with E-state index in [-0.39, 0.29) is 33.8 Å². The molecule has 1 aromatic heterocycles. The van der Waals surface area contributed by atoms with Crippen molar-refractivity contribution in [1.29, 1.82) is 0 Å². The molecule has 49 heavy (non-hydrogen) atoms. The molecule has 9 rings (SSSR count). The standard InChI is InChI=1S/C39H41F2N5O3/c1-4-28-31(40)8-5-23-12-26(47)13-29(33(23)28)32-22(2)11-30-35(34(32)41)43-37(44-36(30)46-16-24-6-7-25(17-46)42-24)49-21-38(9-10-38)18-45-19-39(20-45)14-27(15-39)48-3/h1,5,8,11-13,24-25,27,42,47H,6-7,9-10,14-21H2,2-3H3. The van der Waals surface area contributed by atoms with Crippen molar-refractivity contribution < 1.29 is 23.4 Å². The van der Waals surface area contributed by atoms with E-state index in [9.17, 15) is 9.50 Å². The number of anilines is 1. The fraction of sp³-hybridized carbons (Fsp3) is 0.487. The number of aromatic hydroxyl groups is 1. The van der Waals surface area contributed by atoms with Crippen LogP contribution in [0.5, 0.6) is 11.8 Å². The Morgan fingerprint density at radius 3 is 2.53 bits per heavy atom. The van der Waals surface area contributed by atoms with Gasteiger partial charge in [-0.15, -0.1) is 6.42 Å². The number of aryl methyl sites for hydroxylation is 1. The van der Waals surface area contributed by atoms with Crippen LogP contribution in [0.2, 0.25) is 0 Å². The highest BCUT2D eigenvalue weighted by Gasteiger charge is 2.55. The van der Waals surface area contributed by atoms with Gasteiger partial charge in [-0.05, 0) is 86.2 Å². The van der Waals surface area contributed by atoms with Crippen molar-refractivity contribution in [3.63, 3.8) is 0 Å². The number of aromatic nitrogens is 2. The Balaban J connectivity index is 1.09. The van der Waals surface area contributed by atoms with E-state index in [2.05, 4.69) is 21.0 Å². The number of fused-ring (bicyclic) bond motifs is 4. The number of piperazine rings is 1. The zero-order valence-corrected chi connectivity index (χ0v) is 28.0. The maximum atomic E-state index is 17.2. The number of hydrogen-bond acceptors (Lipinski definition) is 8. The maximum Gasteiger partial charge on any atom is 0.319 e. The number of hydrogen-bond donors (Lipinski definition) is 2. The summed E-state index contributed by atoms with van der Waals surface area (Å²) in [5.41, 5.74) is 1.76. The van der Waals surface area contributed by atoms with Gasteiger partial charge in [-0.2, -0.15) is 9.97 Å². The lowest BCUT2D eigenvalue weighted by Crippen LogP contribution is -2.64. The number of benzene rings is 3. The van der Waals surface area contributed by atoms with Crippen molar-refractivity contribution >= 4 is 27.5 Å². The molecule has 2 aliphatic carbocycles. The molecule has 2 unspecified atom stereocenters. The molecule has 4 aromatic rings. The van der Waals surface area contributed by atoms with Crippen LogP contribution >= 0.6 is 0 Å². The fourth-order valence-electron chi connectivity index (χ4n) is 9.25. The van der Waals surface area contributed by atoms with Crippen molar-refractivity contribution in [1.82, 2.24) is 20.2 Å². The number of halogens is 2. The zero-order chi connectivity index (χ0) is 33.7. The fourth-order valence-corrected chi connectivity index (χ4v) is 9.25. The second-order valence-corrected chi connectivity index (χ2v) is 15.5. The summed E-state index contributed by atoms with van der Waals surface area (Å²) < 4.78 is 44.1. The molecule has 3 aliphatic heterocycles. The molecule has 3 saturated heterocycles. The smallest absolute Gasteiger partial charge is 0.319 e. The average molecular weight is 666 g/mol. The van der Waals surface area contributed by atoms with Gasteiger partial charge >= 0.3 is 6.01 Å². The first kappa shape index (κ1) is 31.0. The monoisotopic (exact) mass is 665 g/mol. The molecule has 8 nitrogen and oxygen atoms in total. The molecule has 2 bridgehead atoms. The number of likely N-dealkylation sites (tertiary alicyclic amines) is 1. The summed E-state index contributed by atoms with van der Waals surface area (Å²) in [4.78, 5) is 14.5. The second kappa shape index (κ2) is 11.2. The van der Waals surface area contributed by atoms with E-state index in [1.165, 1.54) is 18.2 Å². The lowest BCUT2D eigenvalue weighted by molar-refractivity contribution is -0.145. The van der Waals surface area contributed by atoms with Gasteiger partial charge in [-0.25, -0.2) is 8.78 Å². The first-order valence-corrected chi connectivity index (χ1v) is 17.5. The van der Waals surface area contributed by atoms with Crippen molar-refractivity contribution in [3.8, 4) is 35.2 Å². The van der Waals surface area contributed by atoms with Crippen LogP contribution in [0.3, 0.4) is 0 Å². The summed E-state index contributed by atoms with van der Waals surface area (Å²) >= 11 is 0. The van der Waals surface area contributed by atoms with Gasteiger partial charge < -0.3 is 29.7 Å². The van der Waals surface area contributed by atoms with Crippen molar-refractivity contribution in [2.75, 3.05) is 51.3 Å². The number of phenols is 1. The van der Waals surface area contributed by atoms with Gasteiger partial charge in [0.15, 0.2) is 5.82 Å². The highest BCUT2D eigenvalue weighted by Crippen LogP contribution is 2.53. The largest absolute Gasteiger partial charge is 0.508 e. The number of ether oxygens (including phenoxy) is 2. The first-order chi connectivity index (χ1) is 23.6. The third-order valence-corrected chi connectivity index (χ3v) is 11.9. The molecule has 2 saturated carbocycles. The normalized spacial score (nSPS) is 23.9. The zero-order valence-electron chi connectivity index (χ0n) is 28.0. The van der Waals surface area contributed by atoms with Crippen LogP contribution in [0.25, 0.3) is 32.8 Å². The topological polar surface area (TPSA) is 83.0 Å². The molecule has 3 aromatic carbocycles. The predicted molar refractivity (Wildman–Crippen MR) is 185 cm³/mol. The van der Waals surface area contributed by atoms with Crippen molar-refractivity contribution in [3.05, 3.63) is 53.1 Å². The molecule has 1 spiro atoms. The Hall–Kier alpha value is -4.04. The first-order valence-electron chi connectivity index (χ1n) is 17.5. The lowest BCUT2D eigenvalue weighted by Gasteiger charge is -2.59. The number of methoxy groups -OCH3 is 1. The molecule has 2 atom stereocenters. The van der Waals surface area contributed by atoms with Crippen LogP contribution in [0, 0.1) is 41.7 Å². The molecule has 2 N–H and O–H groups in total. The van der Waals surface area contributed by atoms with E-state index < -0.39 is 11.6 Å². The number of phenolic OH excluding ortho intramolecular Hbond substituents is 1. The Morgan fingerprint density at radius 2 is 1.84 bits per heavy atom. The van der Waals surface area contributed by atoms with Crippen LogP contribution in [0.1, 0.15) is 49.7 Å². The Kier molecular flexibility index (Phi) is 7.11. The number of rotatable bonds is 8. The van der Waals surface area contributed by atoms with E-state index >= 15 is 4.39 Å². The van der Waals surface area contributed by atoms with Crippen LogP contribution in [0.15, 0.2) is 30.3 Å². The van der Waals surface area contributed by atoms with E-state index in [0.29, 0.717) is 63.3 Å². The van der Waals surface area contributed by atoms with Crippen LogP contribution in [0.4, 0.5) is 14.6 Å². The van der Waals surface area contributed by atoms with Crippen LogP contribution in [-0.4, -0.2) is 84.6 Å². The summed E-state index contributed by atoms with van der Waals surface area (Å²) in [7, 11) is 1.80. The highest BCUT2D eigenvalue weighted by atomic mass is 19.1. The van der Waals surface area contributed by atoms with Gasteiger partial charge in [0.25, 0.3) is 0 Å². The Bertz CT molecular complexity index is 2030. The summed E-state index contributed by atoms with van der Waals surface area (Å²) in [5, 5.41) is 15.8. The average Bonchev–Trinajstić information content (AvgIpc) is 3.74. The SMILES string of the molecule is C#Cc1c(F)ccc2cc(O)cc(-c3c(C)cc4c(N5CC6CCC(C5)N6)nc(OCC5(CN6CC7(CC(OC)C7)C6)CC5)nc4c3F)c12. The third kappa shape index (κ3) is 5.20. The Labute approximate surface area is 284 Å². The summed E-state index contributed by atoms with van der Waals surface area (Å²) in [6, 6.07) is 8.52. The van der Waals surface area contributed by atoms with Crippen LogP contribution in [-0.2, 0) is 4.74 Å². The molecule has 254 valence electrons. The van der Waals surface area contributed by atoms with Gasteiger partial charge in [0, 0.05) is 79.1 Å². The van der Waals surface area contributed by atoms with E-state index in [4.69, 9.17) is 25.9 Å². The predicted octanol–water partition coefficient (Wildman–Crippen LogP) is 5.93. The molecule has 0 amide bonds. The van der Waals surface area contributed by atoms with Gasteiger partial charge in [-0.1, -0.05) is 12.0 Å². The number of terminal acetylenes is 1. The minimum Gasteiger partial charge on any atom is -0.508 e. The molecular weight excluding hydrogens is 624 g/mol. The van der Waals surface area contributed by atoms with Gasteiger partial charge in [0.05, 0.1) is 18.3 Å². The number of nitrogens with zero attached hydrogens (tertiary/aromatic N) is 4. The van der Waals surface area contributed by atoms with E-state index in [0.717, 1.165) is 71.2 Å². The highest BCUT2D eigenvalue weighted by molar-refractivity contribution is 6.05. The Morgan fingerprint density at radius 1 is 1.08 bits per heavy atom. The molecule has 10 heteroatoms. The van der Waals surface area contributed by atoms with E-state index in [1.54, 1.807) is 13.2 Å². The minimum atomic E-state index is -0.581. The van der Waals surface area contributed by atoms with Gasteiger partial charge in [0.1, 0.15) is 22.9 Å². The third-order valence-electron chi connectivity index (χ3n) is 11.9. The maximum absolute atomic E-state index is 17.2. The molecule has 0 radical (unpaired) electrons. The number of nitrogens with one attached hydrogen (secondary N) is 1. The molecule has 5 fully saturated rings. The second-order valence-electron chi connectivity index (χ2n) is 15.5.